The zero-order valence-electron chi connectivity index (χ0n) is 10.8. The van der Waals surface area contributed by atoms with E-state index in [1.165, 1.54) is 19.4 Å². The van der Waals surface area contributed by atoms with Gasteiger partial charge in [0.1, 0.15) is 4.75 Å². The van der Waals surface area contributed by atoms with Gasteiger partial charge in [-0.3, -0.25) is 13.8 Å². The third-order valence-electron chi connectivity index (χ3n) is 2.69. The molecule has 0 heterocycles. The van der Waals surface area contributed by atoms with Gasteiger partial charge >= 0.3 is 5.97 Å². The second kappa shape index (κ2) is 7.81. The summed E-state index contributed by atoms with van der Waals surface area (Å²) in [5.41, 5.74) is 0.902. The van der Waals surface area contributed by atoms with Crippen LogP contribution in [0.4, 0.5) is 0 Å². The Morgan fingerprint density at radius 2 is 2.11 bits per heavy atom. The Kier molecular flexibility index (Phi) is 7.19. The van der Waals surface area contributed by atoms with Crippen molar-refractivity contribution in [1.82, 2.24) is 5.32 Å². The van der Waals surface area contributed by atoms with Gasteiger partial charge in [0, 0.05) is 23.3 Å². The van der Waals surface area contributed by atoms with E-state index in [1.54, 1.807) is 6.08 Å². The van der Waals surface area contributed by atoms with Crippen LogP contribution in [0.15, 0.2) is 23.9 Å². The molecule has 0 aliphatic heterocycles. The van der Waals surface area contributed by atoms with Gasteiger partial charge in [-0.2, -0.15) is 0 Å². The number of carbonyl (C=O) groups excluding carboxylic acids is 1. The number of amides is 1. The van der Waals surface area contributed by atoms with E-state index >= 15 is 0 Å². The van der Waals surface area contributed by atoms with Crippen molar-refractivity contribution in [3.8, 4) is 0 Å². The molecule has 6 heteroatoms. The summed E-state index contributed by atoms with van der Waals surface area (Å²) >= 11 is 0. The quantitative estimate of drug-likeness (QED) is 0.514. The van der Waals surface area contributed by atoms with Gasteiger partial charge in [0.15, 0.2) is 0 Å². The van der Waals surface area contributed by atoms with Crippen molar-refractivity contribution in [2.45, 2.75) is 31.4 Å². The zero-order chi connectivity index (χ0) is 14.2. The average molecular weight is 273 g/mol. The van der Waals surface area contributed by atoms with Gasteiger partial charge in [-0.15, -0.1) is 0 Å². The fourth-order valence-corrected chi connectivity index (χ4v) is 1.89. The van der Waals surface area contributed by atoms with Crippen LogP contribution in [-0.4, -0.2) is 32.7 Å². The molecule has 0 spiro atoms. The van der Waals surface area contributed by atoms with Crippen molar-refractivity contribution < 1.29 is 18.9 Å². The Labute approximate surface area is 109 Å². The van der Waals surface area contributed by atoms with Gasteiger partial charge in [0.25, 0.3) is 0 Å². The van der Waals surface area contributed by atoms with Crippen LogP contribution in [0.2, 0.25) is 0 Å². The Hall–Kier alpha value is -1.43. The van der Waals surface area contributed by atoms with Crippen molar-refractivity contribution in [3.05, 3.63) is 23.9 Å². The summed E-state index contributed by atoms with van der Waals surface area (Å²) in [4.78, 5) is 21.1. The van der Waals surface area contributed by atoms with E-state index in [0.29, 0.717) is 19.3 Å². The zero-order valence-corrected chi connectivity index (χ0v) is 11.6. The molecule has 0 radical (unpaired) electrons. The van der Waals surface area contributed by atoms with E-state index < -0.39 is 21.5 Å². The monoisotopic (exact) mass is 273 g/mol. The smallest absolute Gasteiger partial charge is 0.322 e. The molecule has 0 aliphatic carbocycles. The highest BCUT2D eigenvalue weighted by molar-refractivity contribution is 7.86. The van der Waals surface area contributed by atoms with Crippen LogP contribution in [-0.2, 0) is 20.4 Å². The molecule has 18 heavy (non-hydrogen) atoms. The number of rotatable bonds is 8. The lowest BCUT2D eigenvalue weighted by Gasteiger charge is -2.21. The second-order valence-corrected chi connectivity index (χ2v) is 5.90. The maximum absolute atomic E-state index is 11.4. The fraction of sp³-hybridized carbons (Fsp3) is 0.500. The first kappa shape index (κ1) is 16.6. The summed E-state index contributed by atoms with van der Waals surface area (Å²) in [6, 6.07) is 0. The van der Waals surface area contributed by atoms with Crippen LogP contribution in [0.1, 0.15) is 26.7 Å². The molecule has 2 N–H and O–H groups in total. The molecule has 0 bridgehead atoms. The van der Waals surface area contributed by atoms with Crippen molar-refractivity contribution in [2.24, 2.45) is 0 Å². The molecule has 0 aromatic heterocycles. The molecule has 0 fully saturated rings. The number of hydrogen-bond acceptors (Lipinski definition) is 3. The van der Waals surface area contributed by atoms with Crippen LogP contribution in [0.25, 0.3) is 0 Å². The third kappa shape index (κ3) is 5.27. The first-order chi connectivity index (χ1) is 8.34. The third-order valence-corrected chi connectivity index (χ3v) is 4.33. The van der Waals surface area contributed by atoms with E-state index in [-0.39, 0.29) is 0 Å². The largest absolute Gasteiger partial charge is 0.480 e. The van der Waals surface area contributed by atoms with Gasteiger partial charge in [0.2, 0.25) is 6.41 Å². The van der Waals surface area contributed by atoms with Crippen molar-refractivity contribution in [3.63, 3.8) is 0 Å². The number of carboxylic acids is 1. The van der Waals surface area contributed by atoms with Crippen LogP contribution in [0.5, 0.6) is 0 Å². The van der Waals surface area contributed by atoms with Crippen LogP contribution >= 0.6 is 0 Å². The number of allylic oxidation sites excluding steroid dienone is 3. The normalized spacial score (nSPS) is 17.2. The highest BCUT2D eigenvalue weighted by atomic mass is 32.2. The Morgan fingerprint density at radius 3 is 2.56 bits per heavy atom. The number of hydrogen-bond donors (Lipinski definition) is 2. The van der Waals surface area contributed by atoms with E-state index in [2.05, 4.69) is 5.32 Å². The second-order valence-electron chi connectivity index (χ2n) is 4.09. The van der Waals surface area contributed by atoms with E-state index in [9.17, 15) is 13.8 Å². The minimum Gasteiger partial charge on any atom is -0.480 e. The topological polar surface area (TPSA) is 83.5 Å². The van der Waals surface area contributed by atoms with Gasteiger partial charge in [-0.25, -0.2) is 0 Å². The van der Waals surface area contributed by atoms with E-state index in [4.69, 9.17) is 5.11 Å². The average Bonchev–Trinajstić information content (AvgIpc) is 2.28. The standard InChI is InChI=1S/C12H19NO4S/c1-10(6-8-13-9-14)5-4-7-12(2,11(15)16)18(3)17/h5-6,8-9H,4,7H2,1-3H3,(H,13,14)(H,15,16)/b8-6-,10-5-. The van der Waals surface area contributed by atoms with Gasteiger partial charge < -0.3 is 10.4 Å². The summed E-state index contributed by atoms with van der Waals surface area (Å²) < 4.78 is 10.2. The Balaban J connectivity index is 4.47. The molecule has 0 aliphatic rings. The number of carbonyl (C=O) groups is 2. The van der Waals surface area contributed by atoms with Crippen LogP contribution < -0.4 is 5.32 Å². The van der Waals surface area contributed by atoms with Crippen molar-refractivity contribution in [1.29, 1.82) is 0 Å². The minimum atomic E-state index is -1.43. The molecule has 102 valence electrons. The SMILES string of the molecule is CC(/C=C\NC=O)=C/CCC(C)(C(=O)O)S(C)=O. The lowest BCUT2D eigenvalue weighted by Crippen LogP contribution is -2.39. The van der Waals surface area contributed by atoms with Crippen molar-refractivity contribution in [2.75, 3.05) is 6.26 Å². The summed E-state index contributed by atoms with van der Waals surface area (Å²) in [5.74, 6) is -1.05. The maximum Gasteiger partial charge on any atom is 0.322 e. The summed E-state index contributed by atoms with van der Waals surface area (Å²) in [7, 11) is -1.43. The highest BCUT2D eigenvalue weighted by Gasteiger charge is 2.36. The molecule has 5 nitrogen and oxygen atoms in total. The van der Waals surface area contributed by atoms with E-state index in [0.717, 1.165) is 5.57 Å². The van der Waals surface area contributed by atoms with Crippen LogP contribution in [0, 0.1) is 0 Å². The van der Waals surface area contributed by atoms with E-state index in [1.807, 2.05) is 13.0 Å². The van der Waals surface area contributed by atoms with Gasteiger partial charge in [-0.1, -0.05) is 11.6 Å². The molecule has 0 rings (SSSR count). The molecular weight excluding hydrogens is 254 g/mol. The number of carboxylic acid groups (broad SMARTS) is 1. The molecule has 0 saturated heterocycles. The Bertz CT molecular complexity index is 374. The van der Waals surface area contributed by atoms with Gasteiger partial charge in [-0.05, 0) is 32.8 Å². The molecule has 0 saturated carbocycles. The van der Waals surface area contributed by atoms with Gasteiger partial charge in [0.05, 0.1) is 0 Å². The molecule has 0 aromatic rings. The predicted octanol–water partition coefficient (Wildman–Crippen LogP) is 1.19. The summed E-state index contributed by atoms with van der Waals surface area (Å²) in [6.45, 7) is 3.32. The van der Waals surface area contributed by atoms with Crippen LogP contribution in [0.3, 0.4) is 0 Å². The minimum absolute atomic E-state index is 0.303. The lowest BCUT2D eigenvalue weighted by atomic mass is 10.0. The van der Waals surface area contributed by atoms with Crippen molar-refractivity contribution >= 4 is 23.2 Å². The summed E-state index contributed by atoms with van der Waals surface area (Å²) in [6.07, 6.45) is 7.82. The molecule has 2 unspecified atom stereocenters. The fourth-order valence-electron chi connectivity index (χ4n) is 1.24. The lowest BCUT2D eigenvalue weighted by molar-refractivity contribution is -0.139. The maximum atomic E-state index is 11.4. The number of nitrogens with one attached hydrogen (secondary N) is 1. The molecule has 0 aromatic carbocycles. The first-order valence-electron chi connectivity index (χ1n) is 5.44. The summed E-state index contributed by atoms with van der Waals surface area (Å²) in [5, 5.41) is 11.4. The molecule has 1 amide bonds. The predicted molar refractivity (Wildman–Crippen MR) is 71.4 cm³/mol. The molecule has 2 atom stereocenters. The Morgan fingerprint density at radius 1 is 1.50 bits per heavy atom. The highest BCUT2D eigenvalue weighted by Crippen LogP contribution is 2.20. The first-order valence-corrected chi connectivity index (χ1v) is 7.00. The number of aliphatic carboxylic acids is 1. The molecular formula is C12H19NO4S.